The van der Waals surface area contributed by atoms with Crippen LogP contribution >= 0.6 is 0 Å². The van der Waals surface area contributed by atoms with Gasteiger partial charge >= 0.3 is 5.97 Å². The van der Waals surface area contributed by atoms with E-state index in [0.29, 0.717) is 34.9 Å². The molecule has 5 rings (SSSR count). The van der Waals surface area contributed by atoms with Crippen LogP contribution in [0.2, 0.25) is 0 Å². The predicted octanol–water partition coefficient (Wildman–Crippen LogP) is 6.54. The number of carboxylic acid groups (broad SMARTS) is 1. The molecule has 0 saturated heterocycles. The number of rotatable bonds is 10. The van der Waals surface area contributed by atoms with Gasteiger partial charge in [-0.25, -0.2) is 4.79 Å². The Kier molecular flexibility index (Phi) is 8.06. The molecule has 1 heterocycles. The lowest BCUT2D eigenvalue weighted by Crippen LogP contribution is -2.21. The van der Waals surface area contributed by atoms with E-state index in [1.54, 1.807) is 37.5 Å². The summed E-state index contributed by atoms with van der Waals surface area (Å²) in [5.74, 6) is -0.158. The summed E-state index contributed by atoms with van der Waals surface area (Å²) in [7, 11) is 1.56. The van der Waals surface area contributed by atoms with Crippen LogP contribution in [0.25, 0.3) is 6.08 Å². The third kappa shape index (κ3) is 5.94. The number of benzene rings is 4. The van der Waals surface area contributed by atoms with E-state index in [1.807, 2.05) is 78.9 Å². The van der Waals surface area contributed by atoms with Crippen molar-refractivity contribution in [1.82, 2.24) is 0 Å². The van der Waals surface area contributed by atoms with E-state index < -0.39 is 5.97 Å². The number of ether oxygens (including phenoxy) is 2. The maximum absolute atomic E-state index is 13.7. The van der Waals surface area contributed by atoms with Crippen molar-refractivity contribution in [2.24, 2.45) is 5.10 Å². The number of allylic oxidation sites excluding steroid dienone is 1. The molecule has 0 radical (unpaired) electrons. The number of carbonyl (C=O) groups is 2. The molecule has 0 spiro atoms. The lowest BCUT2D eigenvalue weighted by Gasteiger charge is -2.16. The summed E-state index contributed by atoms with van der Waals surface area (Å²) in [6.07, 6.45) is 4.10. The molecule has 0 unspecified atom stereocenters. The molecule has 4 aromatic carbocycles. The molecule has 41 heavy (non-hydrogen) atoms. The molecule has 7 heteroatoms. The maximum atomic E-state index is 13.7. The first-order chi connectivity index (χ1) is 20.0. The fraction of sp³-hybridized carbons (Fsp3) is 0.0882. The second-order valence-corrected chi connectivity index (χ2v) is 9.32. The summed E-state index contributed by atoms with van der Waals surface area (Å²) in [5, 5.41) is 15.3. The minimum absolute atomic E-state index is 0.210. The molecule has 1 aliphatic rings. The van der Waals surface area contributed by atoms with E-state index >= 15 is 0 Å². The zero-order valence-electron chi connectivity index (χ0n) is 22.5. The first-order valence-corrected chi connectivity index (χ1v) is 13.0. The van der Waals surface area contributed by atoms with E-state index in [0.717, 1.165) is 22.3 Å². The van der Waals surface area contributed by atoms with Gasteiger partial charge in [0.25, 0.3) is 5.91 Å². The van der Waals surface area contributed by atoms with Crippen molar-refractivity contribution in [3.8, 4) is 11.5 Å². The first-order valence-electron chi connectivity index (χ1n) is 13.0. The third-order valence-electron chi connectivity index (χ3n) is 6.56. The second-order valence-electron chi connectivity index (χ2n) is 9.32. The zero-order valence-corrected chi connectivity index (χ0v) is 22.5. The monoisotopic (exact) mass is 544 g/mol. The lowest BCUT2D eigenvalue weighted by molar-refractivity contribution is -0.114. The van der Waals surface area contributed by atoms with Crippen LogP contribution in [0, 0.1) is 0 Å². The highest BCUT2D eigenvalue weighted by Gasteiger charge is 2.32. The van der Waals surface area contributed by atoms with Crippen molar-refractivity contribution >= 4 is 29.4 Å². The van der Waals surface area contributed by atoms with Crippen molar-refractivity contribution < 1.29 is 24.2 Å². The van der Waals surface area contributed by atoms with Crippen molar-refractivity contribution in [3.63, 3.8) is 0 Å². The molecular formula is C34H28N2O5. The van der Waals surface area contributed by atoms with Crippen molar-refractivity contribution in [2.45, 2.75) is 13.0 Å². The highest BCUT2D eigenvalue weighted by molar-refractivity contribution is 6.37. The molecule has 7 nitrogen and oxygen atoms in total. The van der Waals surface area contributed by atoms with Crippen molar-refractivity contribution in [1.29, 1.82) is 0 Å². The number of para-hydroxylation sites is 1. The van der Waals surface area contributed by atoms with E-state index in [1.165, 1.54) is 5.01 Å². The number of hydrazone groups is 1. The van der Waals surface area contributed by atoms with Gasteiger partial charge in [0.1, 0.15) is 12.3 Å². The van der Waals surface area contributed by atoms with Gasteiger partial charge in [0.15, 0.2) is 11.5 Å². The number of hydrogen-bond donors (Lipinski definition) is 1. The Morgan fingerprint density at radius 3 is 2.29 bits per heavy atom. The Morgan fingerprint density at radius 1 is 0.976 bits per heavy atom. The van der Waals surface area contributed by atoms with Crippen LogP contribution in [0.3, 0.4) is 0 Å². The Morgan fingerprint density at radius 2 is 1.66 bits per heavy atom. The van der Waals surface area contributed by atoms with Crippen LogP contribution in [0.1, 0.15) is 32.6 Å². The van der Waals surface area contributed by atoms with Gasteiger partial charge in [0.2, 0.25) is 0 Å². The van der Waals surface area contributed by atoms with E-state index in [9.17, 15) is 9.59 Å². The van der Waals surface area contributed by atoms with Gasteiger partial charge in [0.05, 0.1) is 23.9 Å². The SMILES string of the molecule is C=CCc1cc(/C=C2\C(=O)N(c3ccccc3)N=C2c2ccccc2)cc(OC)c1OCc1ccc(C(=O)O)cc1. The summed E-state index contributed by atoms with van der Waals surface area (Å²) in [4.78, 5) is 24.9. The highest BCUT2D eigenvalue weighted by Crippen LogP contribution is 2.36. The summed E-state index contributed by atoms with van der Waals surface area (Å²) >= 11 is 0. The van der Waals surface area contributed by atoms with Gasteiger partial charge < -0.3 is 14.6 Å². The fourth-order valence-corrected chi connectivity index (χ4v) is 4.55. The molecule has 0 aliphatic carbocycles. The number of carboxylic acids is 1. The molecule has 1 amide bonds. The molecule has 1 N–H and O–H groups in total. The van der Waals surface area contributed by atoms with Gasteiger partial charge in [-0.05, 0) is 60.0 Å². The normalized spacial score (nSPS) is 13.7. The minimum atomic E-state index is -0.981. The largest absolute Gasteiger partial charge is 0.493 e. The van der Waals surface area contributed by atoms with Gasteiger partial charge in [0, 0.05) is 11.1 Å². The molecule has 0 saturated carbocycles. The van der Waals surface area contributed by atoms with E-state index in [-0.39, 0.29) is 18.1 Å². The fourth-order valence-electron chi connectivity index (χ4n) is 4.55. The summed E-state index contributed by atoms with van der Waals surface area (Å²) in [6, 6.07) is 29.2. The number of carbonyl (C=O) groups excluding carboxylic acids is 1. The van der Waals surface area contributed by atoms with Gasteiger partial charge in [-0.1, -0.05) is 66.7 Å². The molecular weight excluding hydrogens is 516 g/mol. The average molecular weight is 545 g/mol. The Hall–Kier alpha value is -5.43. The molecule has 0 fully saturated rings. The maximum Gasteiger partial charge on any atom is 0.335 e. The zero-order chi connectivity index (χ0) is 28.8. The number of methoxy groups -OCH3 is 1. The van der Waals surface area contributed by atoms with E-state index in [4.69, 9.17) is 19.7 Å². The molecule has 4 aromatic rings. The quantitative estimate of drug-likeness (QED) is 0.181. The predicted molar refractivity (Wildman–Crippen MR) is 160 cm³/mol. The van der Waals surface area contributed by atoms with Crippen LogP contribution in [0.15, 0.2) is 120 Å². The second kappa shape index (κ2) is 12.2. The smallest absolute Gasteiger partial charge is 0.335 e. The number of hydrogen-bond acceptors (Lipinski definition) is 5. The van der Waals surface area contributed by atoms with Crippen molar-refractivity contribution in [2.75, 3.05) is 12.1 Å². The Bertz CT molecular complexity index is 1640. The van der Waals surface area contributed by atoms with Crippen LogP contribution in [-0.4, -0.2) is 29.8 Å². The third-order valence-corrected chi connectivity index (χ3v) is 6.56. The number of nitrogens with zero attached hydrogens (tertiary/aromatic N) is 2. The topological polar surface area (TPSA) is 88.4 Å². The molecule has 204 valence electrons. The van der Waals surface area contributed by atoms with Crippen LogP contribution in [0.5, 0.6) is 11.5 Å². The van der Waals surface area contributed by atoms with Crippen LogP contribution in [0.4, 0.5) is 5.69 Å². The lowest BCUT2D eigenvalue weighted by atomic mass is 9.98. The molecule has 0 aromatic heterocycles. The minimum Gasteiger partial charge on any atom is -0.493 e. The number of amides is 1. The Balaban J connectivity index is 1.51. The molecule has 0 bridgehead atoms. The first kappa shape index (κ1) is 27.1. The van der Waals surface area contributed by atoms with Gasteiger partial charge in [-0.2, -0.15) is 10.1 Å². The Labute approximate surface area is 238 Å². The molecule has 1 aliphatic heterocycles. The average Bonchev–Trinajstić information content (AvgIpc) is 3.33. The van der Waals surface area contributed by atoms with Crippen molar-refractivity contribution in [3.05, 3.63) is 143 Å². The molecule has 0 atom stereocenters. The van der Waals surface area contributed by atoms with Crippen LogP contribution in [-0.2, 0) is 17.8 Å². The summed E-state index contributed by atoms with van der Waals surface area (Å²) < 4.78 is 11.9. The number of anilines is 1. The van der Waals surface area contributed by atoms with Gasteiger partial charge in [-0.3, -0.25) is 4.79 Å². The highest BCUT2D eigenvalue weighted by atomic mass is 16.5. The van der Waals surface area contributed by atoms with Gasteiger partial charge in [-0.15, -0.1) is 6.58 Å². The summed E-state index contributed by atoms with van der Waals surface area (Å²) in [5.41, 5.74) is 5.15. The standard InChI is InChI=1S/C34H28N2O5/c1-3-10-27-19-24(21-30(40-2)32(27)41-22-23-15-17-26(18-16-23)34(38)39)20-29-31(25-11-6-4-7-12-25)35-36(33(29)37)28-13-8-5-9-14-28/h3-9,11-21H,1,10,22H2,2H3,(H,38,39)/b29-20-. The van der Waals surface area contributed by atoms with Crippen LogP contribution < -0.4 is 14.5 Å². The van der Waals surface area contributed by atoms with E-state index in [2.05, 4.69) is 6.58 Å². The number of aromatic carboxylic acids is 1. The summed E-state index contributed by atoms with van der Waals surface area (Å²) in [6.45, 7) is 4.11.